The number of urea groups is 1. The minimum Gasteiger partial charge on any atom is -0.497 e. The van der Waals surface area contributed by atoms with Crippen molar-refractivity contribution in [2.75, 3.05) is 26.0 Å². The van der Waals surface area contributed by atoms with Gasteiger partial charge < -0.3 is 20.7 Å². The van der Waals surface area contributed by atoms with Crippen LogP contribution in [0.3, 0.4) is 0 Å². The van der Waals surface area contributed by atoms with Crippen LogP contribution in [-0.4, -0.2) is 36.6 Å². The first-order chi connectivity index (χ1) is 8.02. The molecular formula is C11H15N3O2S. The van der Waals surface area contributed by atoms with Crippen molar-refractivity contribution < 1.29 is 9.53 Å². The van der Waals surface area contributed by atoms with Gasteiger partial charge in [-0.3, -0.25) is 0 Å². The molecule has 0 atom stereocenters. The van der Waals surface area contributed by atoms with Crippen LogP contribution < -0.4 is 15.8 Å². The Hall–Kier alpha value is -1.82. The molecule has 3 N–H and O–H groups in total. The molecule has 6 heteroatoms. The molecule has 1 rings (SSSR count). The summed E-state index contributed by atoms with van der Waals surface area (Å²) in [5, 5.41) is 2.71. The van der Waals surface area contributed by atoms with E-state index in [1.54, 1.807) is 38.4 Å². The molecule has 0 unspecified atom stereocenters. The number of benzene rings is 1. The van der Waals surface area contributed by atoms with Crippen molar-refractivity contribution >= 4 is 28.9 Å². The van der Waals surface area contributed by atoms with E-state index < -0.39 is 0 Å². The summed E-state index contributed by atoms with van der Waals surface area (Å²) < 4.78 is 5.06. The average molecular weight is 253 g/mol. The Bertz CT molecular complexity index is 423. The lowest BCUT2D eigenvalue weighted by molar-refractivity contribution is 0.228. The van der Waals surface area contributed by atoms with Crippen LogP contribution in [0.4, 0.5) is 10.5 Å². The molecule has 0 heterocycles. The predicted molar refractivity (Wildman–Crippen MR) is 71.4 cm³/mol. The average Bonchev–Trinajstić information content (AvgIpc) is 2.28. The summed E-state index contributed by atoms with van der Waals surface area (Å²) in [5.41, 5.74) is 6.02. The Labute approximate surface area is 106 Å². The summed E-state index contributed by atoms with van der Waals surface area (Å²) in [4.78, 5) is 13.4. The summed E-state index contributed by atoms with van der Waals surface area (Å²) >= 11 is 4.73. The second-order valence-electron chi connectivity index (χ2n) is 3.48. The zero-order valence-electron chi connectivity index (χ0n) is 9.77. The number of ether oxygens (including phenoxy) is 1. The van der Waals surface area contributed by atoms with Crippen LogP contribution in [0.2, 0.25) is 0 Å². The Kier molecular flexibility index (Phi) is 4.71. The fraction of sp³-hybridized carbons (Fsp3) is 0.273. The zero-order chi connectivity index (χ0) is 12.8. The molecule has 0 saturated heterocycles. The molecule has 1 aromatic rings. The van der Waals surface area contributed by atoms with Crippen molar-refractivity contribution in [2.45, 2.75) is 0 Å². The number of nitrogens with one attached hydrogen (secondary N) is 1. The summed E-state index contributed by atoms with van der Waals surface area (Å²) in [6, 6.07) is 6.82. The van der Waals surface area contributed by atoms with E-state index in [2.05, 4.69) is 5.32 Å². The van der Waals surface area contributed by atoms with E-state index in [1.165, 1.54) is 4.90 Å². The van der Waals surface area contributed by atoms with Gasteiger partial charge in [0, 0.05) is 18.8 Å². The smallest absolute Gasteiger partial charge is 0.321 e. The van der Waals surface area contributed by atoms with Gasteiger partial charge in [-0.1, -0.05) is 18.3 Å². The first kappa shape index (κ1) is 13.2. The van der Waals surface area contributed by atoms with Crippen LogP contribution in [0, 0.1) is 0 Å². The number of hydrogen-bond donors (Lipinski definition) is 2. The third-order valence-electron chi connectivity index (χ3n) is 2.06. The van der Waals surface area contributed by atoms with Gasteiger partial charge in [-0.25, -0.2) is 4.79 Å². The molecule has 2 amide bonds. The topological polar surface area (TPSA) is 67.6 Å². The third-order valence-corrected chi connectivity index (χ3v) is 2.19. The highest BCUT2D eigenvalue weighted by Crippen LogP contribution is 2.16. The van der Waals surface area contributed by atoms with E-state index in [0.29, 0.717) is 11.4 Å². The number of nitrogens with two attached hydrogens (primary N) is 1. The maximum Gasteiger partial charge on any atom is 0.321 e. The largest absolute Gasteiger partial charge is 0.497 e. The molecule has 0 fully saturated rings. The molecule has 1 aromatic carbocycles. The molecular weight excluding hydrogens is 238 g/mol. The van der Waals surface area contributed by atoms with Gasteiger partial charge in [0.2, 0.25) is 0 Å². The lowest BCUT2D eigenvalue weighted by Gasteiger charge is -2.17. The molecule has 0 aliphatic rings. The first-order valence-corrected chi connectivity index (χ1v) is 5.38. The fourth-order valence-corrected chi connectivity index (χ4v) is 1.42. The van der Waals surface area contributed by atoms with Crippen LogP contribution >= 0.6 is 12.2 Å². The number of amides is 2. The fourth-order valence-electron chi connectivity index (χ4n) is 1.23. The Morgan fingerprint density at radius 2 is 2.29 bits per heavy atom. The van der Waals surface area contributed by atoms with Gasteiger partial charge in [0.05, 0.1) is 18.6 Å². The lowest BCUT2D eigenvalue weighted by atomic mass is 10.3. The summed E-state index contributed by atoms with van der Waals surface area (Å²) in [6.07, 6.45) is 0. The van der Waals surface area contributed by atoms with Crippen molar-refractivity contribution in [3.8, 4) is 5.75 Å². The Balaban J connectivity index is 2.64. The van der Waals surface area contributed by atoms with E-state index in [1.807, 2.05) is 0 Å². The van der Waals surface area contributed by atoms with E-state index in [4.69, 9.17) is 22.7 Å². The van der Waals surface area contributed by atoms with Crippen LogP contribution in [0.5, 0.6) is 5.75 Å². The minimum atomic E-state index is -0.272. The zero-order valence-corrected chi connectivity index (χ0v) is 10.6. The van der Waals surface area contributed by atoms with Gasteiger partial charge >= 0.3 is 6.03 Å². The van der Waals surface area contributed by atoms with Gasteiger partial charge in [0.1, 0.15) is 5.75 Å². The van der Waals surface area contributed by atoms with E-state index in [-0.39, 0.29) is 17.6 Å². The summed E-state index contributed by atoms with van der Waals surface area (Å²) in [7, 11) is 3.19. The van der Waals surface area contributed by atoms with Gasteiger partial charge in [-0.2, -0.15) is 0 Å². The highest BCUT2D eigenvalue weighted by atomic mass is 32.1. The summed E-state index contributed by atoms with van der Waals surface area (Å²) in [5.74, 6) is 0.680. The maximum atomic E-state index is 11.7. The predicted octanol–water partition coefficient (Wildman–Crippen LogP) is 1.44. The summed E-state index contributed by atoms with van der Waals surface area (Å²) in [6.45, 7) is 0.241. The monoisotopic (exact) mass is 253 g/mol. The SMILES string of the molecule is COc1cccc(NC(=O)N(C)CC(N)=S)c1. The molecule has 0 aromatic heterocycles. The number of likely N-dealkylation sites (N-methyl/N-ethyl adjacent to an activating group) is 1. The van der Waals surface area contributed by atoms with E-state index in [0.717, 1.165) is 0 Å². The highest BCUT2D eigenvalue weighted by molar-refractivity contribution is 7.80. The third kappa shape index (κ3) is 4.28. The van der Waals surface area contributed by atoms with Crippen molar-refractivity contribution in [1.82, 2.24) is 4.90 Å². The molecule has 0 bridgehead atoms. The molecule has 0 aliphatic heterocycles. The van der Waals surface area contributed by atoms with E-state index in [9.17, 15) is 4.79 Å². The normalized spacial score (nSPS) is 9.53. The van der Waals surface area contributed by atoms with E-state index >= 15 is 0 Å². The standard InChI is InChI=1S/C11H15N3O2S/c1-14(7-10(12)17)11(15)13-8-4-3-5-9(6-8)16-2/h3-6H,7H2,1-2H3,(H2,12,17)(H,13,15). The van der Waals surface area contributed by atoms with Crippen molar-refractivity contribution in [3.63, 3.8) is 0 Å². The van der Waals surface area contributed by atoms with Crippen LogP contribution in [0.15, 0.2) is 24.3 Å². The van der Waals surface area contributed by atoms with Crippen LogP contribution in [0.25, 0.3) is 0 Å². The number of hydrogen-bond acceptors (Lipinski definition) is 3. The van der Waals surface area contributed by atoms with Crippen molar-refractivity contribution in [3.05, 3.63) is 24.3 Å². The second kappa shape index (κ2) is 6.05. The highest BCUT2D eigenvalue weighted by Gasteiger charge is 2.09. The molecule has 17 heavy (non-hydrogen) atoms. The number of methoxy groups -OCH3 is 1. The second-order valence-corrected chi connectivity index (χ2v) is 4.01. The molecule has 0 spiro atoms. The quantitative estimate of drug-likeness (QED) is 0.797. The van der Waals surface area contributed by atoms with Crippen LogP contribution in [-0.2, 0) is 0 Å². The van der Waals surface area contributed by atoms with Gasteiger partial charge in [0.15, 0.2) is 0 Å². The number of anilines is 1. The number of carbonyl (C=O) groups is 1. The Morgan fingerprint density at radius 3 is 2.88 bits per heavy atom. The maximum absolute atomic E-state index is 11.7. The van der Waals surface area contributed by atoms with Gasteiger partial charge in [-0.15, -0.1) is 0 Å². The molecule has 0 aliphatic carbocycles. The molecule has 0 radical (unpaired) electrons. The minimum absolute atomic E-state index is 0.241. The number of rotatable bonds is 4. The number of carbonyl (C=O) groups excluding carboxylic acids is 1. The number of nitrogens with zero attached hydrogens (tertiary/aromatic N) is 1. The Morgan fingerprint density at radius 1 is 1.59 bits per heavy atom. The van der Waals surface area contributed by atoms with Gasteiger partial charge in [-0.05, 0) is 12.1 Å². The molecule has 0 saturated carbocycles. The lowest BCUT2D eigenvalue weighted by Crippen LogP contribution is -2.37. The number of thiocarbonyl (C=S) groups is 1. The van der Waals surface area contributed by atoms with Crippen molar-refractivity contribution in [2.24, 2.45) is 5.73 Å². The first-order valence-electron chi connectivity index (χ1n) is 4.97. The van der Waals surface area contributed by atoms with Gasteiger partial charge in [0.25, 0.3) is 0 Å². The van der Waals surface area contributed by atoms with Crippen LogP contribution in [0.1, 0.15) is 0 Å². The van der Waals surface area contributed by atoms with Crippen molar-refractivity contribution in [1.29, 1.82) is 0 Å². The molecule has 92 valence electrons. The molecule has 5 nitrogen and oxygen atoms in total.